The van der Waals surface area contributed by atoms with Gasteiger partial charge in [0.25, 0.3) is 0 Å². The van der Waals surface area contributed by atoms with Crippen molar-refractivity contribution < 1.29 is 14.3 Å². The predicted molar refractivity (Wildman–Crippen MR) is 112 cm³/mol. The third-order valence-corrected chi connectivity index (χ3v) is 5.25. The highest BCUT2D eigenvalue weighted by Gasteiger charge is 2.25. The number of methoxy groups -OCH3 is 1. The van der Waals surface area contributed by atoms with E-state index in [2.05, 4.69) is 39.8 Å². The molecule has 1 fully saturated rings. The predicted octanol–water partition coefficient (Wildman–Crippen LogP) is 2.73. The Hall–Kier alpha value is -2.86. The first-order valence-corrected chi connectivity index (χ1v) is 10.1. The summed E-state index contributed by atoms with van der Waals surface area (Å²) in [5.74, 6) is -0.443. The number of hydrogen-bond donors (Lipinski definition) is 2. The van der Waals surface area contributed by atoms with Crippen LogP contribution in [0.2, 0.25) is 0 Å². The molecule has 0 unspecified atom stereocenters. The summed E-state index contributed by atoms with van der Waals surface area (Å²) in [7, 11) is 1.34. The van der Waals surface area contributed by atoms with Crippen LogP contribution in [-0.4, -0.2) is 49.2 Å². The molecule has 154 valence electrons. The Bertz CT molecular complexity index is 774. The van der Waals surface area contributed by atoms with Crippen LogP contribution in [0.5, 0.6) is 0 Å². The number of rotatable bonds is 7. The van der Waals surface area contributed by atoms with E-state index in [1.54, 1.807) is 0 Å². The van der Waals surface area contributed by atoms with E-state index in [9.17, 15) is 9.59 Å². The second kappa shape index (κ2) is 10.6. The largest absolute Gasteiger partial charge is 0.467 e. The van der Waals surface area contributed by atoms with E-state index in [-0.39, 0.29) is 12.1 Å². The van der Waals surface area contributed by atoms with Gasteiger partial charge in [-0.3, -0.25) is 4.90 Å². The Morgan fingerprint density at radius 1 is 1.00 bits per heavy atom. The molecular weight excluding hydrogens is 366 g/mol. The average molecular weight is 396 g/mol. The van der Waals surface area contributed by atoms with Gasteiger partial charge in [0, 0.05) is 32.1 Å². The molecule has 1 atom stereocenters. The van der Waals surface area contributed by atoms with Crippen molar-refractivity contribution in [3.8, 4) is 0 Å². The van der Waals surface area contributed by atoms with Crippen molar-refractivity contribution in [1.82, 2.24) is 15.5 Å². The Morgan fingerprint density at radius 3 is 2.17 bits per heavy atom. The van der Waals surface area contributed by atoms with Crippen molar-refractivity contribution in [3.05, 3.63) is 71.8 Å². The van der Waals surface area contributed by atoms with E-state index in [4.69, 9.17) is 4.74 Å². The number of piperidine rings is 1. The van der Waals surface area contributed by atoms with E-state index in [0.29, 0.717) is 6.42 Å². The highest BCUT2D eigenvalue weighted by atomic mass is 16.5. The second-order valence-electron chi connectivity index (χ2n) is 7.42. The fourth-order valence-corrected chi connectivity index (χ4v) is 3.65. The number of likely N-dealkylation sites (tertiary alicyclic amines) is 1. The molecule has 2 aromatic rings. The standard InChI is InChI=1S/C23H29N3O3/c1-29-22(27)21(16-18-8-4-2-5-9-18)25-23(28)24-20-12-14-26(15-13-20)17-19-10-6-3-7-11-19/h2-11,20-21H,12-17H2,1H3,(H2,24,25,28)/t21-/m0/s1. The molecule has 0 aliphatic carbocycles. The molecule has 29 heavy (non-hydrogen) atoms. The number of carbonyl (C=O) groups is 2. The van der Waals surface area contributed by atoms with Gasteiger partial charge in [-0.2, -0.15) is 0 Å². The summed E-state index contributed by atoms with van der Waals surface area (Å²) in [6, 6.07) is 19.1. The van der Waals surface area contributed by atoms with Crippen LogP contribution in [0, 0.1) is 0 Å². The van der Waals surface area contributed by atoms with Gasteiger partial charge in [0.2, 0.25) is 0 Å². The zero-order valence-corrected chi connectivity index (χ0v) is 16.8. The molecule has 6 nitrogen and oxygen atoms in total. The number of esters is 1. The molecule has 1 saturated heterocycles. The summed E-state index contributed by atoms with van der Waals surface area (Å²) in [5, 5.41) is 5.79. The Balaban J connectivity index is 1.46. The molecule has 0 bridgehead atoms. The smallest absolute Gasteiger partial charge is 0.328 e. The summed E-state index contributed by atoms with van der Waals surface area (Å²) < 4.78 is 4.86. The lowest BCUT2D eigenvalue weighted by atomic mass is 10.0. The number of nitrogens with zero attached hydrogens (tertiary/aromatic N) is 1. The molecule has 2 N–H and O–H groups in total. The van der Waals surface area contributed by atoms with Crippen molar-refractivity contribution in [2.75, 3.05) is 20.2 Å². The number of urea groups is 1. The van der Waals surface area contributed by atoms with Gasteiger partial charge < -0.3 is 15.4 Å². The minimum atomic E-state index is -0.708. The SMILES string of the molecule is COC(=O)[C@H](Cc1ccccc1)NC(=O)NC1CCN(Cc2ccccc2)CC1. The first kappa shape index (κ1) is 20.9. The molecule has 2 amide bonds. The topological polar surface area (TPSA) is 70.7 Å². The highest BCUT2D eigenvalue weighted by molar-refractivity contribution is 5.83. The molecule has 1 aliphatic heterocycles. The number of hydrogen-bond acceptors (Lipinski definition) is 4. The maximum atomic E-state index is 12.5. The fourth-order valence-electron chi connectivity index (χ4n) is 3.65. The Morgan fingerprint density at radius 2 is 1.59 bits per heavy atom. The van der Waals surface area contributed by atoms with Crippen molar-refractivity contribution in [3.63, 3.8) is 0 Å². The molecule has 3 rings (SSSR count). The van der Waals surface area contributed by atoms with E-state index in [1.165, 1.54) is 12.7 Å². The molecule has 6 heteroatoms. The molecule has 0 spiro atoms. The third-order valence-electron chi connectivity index (χ3n) is 5.25. The average Bonchev–Trinajstić information content (AvgIpc) is 2.75. The maximum absolute atomic E-state index is 12.5. The number of carbonyl (C=O) groups excluding carboxylic acids is 2. The van der Waals surface area contributed by atoms with Crippen molar-refractivity contribution >= 4 is 12.0 Å². The Kier molecular flexibility index (Phi) is 7.64. The van der Waals surface area contributed by atoms with E-state index >= 15 is 0 Å². The number of nitrogens with one attached hydrogen (secondary N) is 2. The Labute approximate surface area is 172 Å². The van der Waals surface area contributed by atoms with Crippen LogP contribution in [0.4, 0.5) is 4.79 Å². The van der Waals surface area contributed by atoms with Crippen LogP contribution in [0.1, 0.15) is 24.0 Å². The molecule has 1 aliphatic rings. The van der Waals surface area contributed by atoms with Crippen molar-refractivity contribution in [1.29, 1.82) is 0 Å². The normalized spacial score (nSPS) is 16.0. The monoisotopic (exact) mass is 395 g/mol. The summed E-state index contributed by atoms with van der Waals surface area (Å²) in [6.07, 6.45) is 2.18. The number of benzene rings is 2. The molecular formula is C23H29N3O3. The van der Waals surface area contributed by atoms with E-state index in [1.807, 2.05) is 36.4 Å². The summed E-state index contributed by atoms with van der Waals surface area (Å²) in [4.78, 5) is 27.0. The first-order valence-electron chi connectivity index (χ1n) is 10.1. The highest BCUT2D eigenvalue weighted by Crippen LogP contribution is 2.14. The maximum Gasteiger partial charge on any atom is 0.328 e. The number of amides is 2. The van der Waals surface area contributed by atoms with Crippen LogP contribution in [0.3, 0.4) is 0 Å². The summed E-state index contributed by atoms with van der Waals surface area (Å²) in [6.45, 7) is 2.80. The molecule has 0 saturated carbocycles. The van der Waals surface area contributed by atoms with Gasteiger partial charge in [0.1, 0.15) is 6.04 Å². The lowest BCUT2D eigenvalue weighted by molar-refractivity contribution is -0.142. The van der Waals surface area contributed by atoms with Gasteiger partial charge >= 0.3 is 12.0 Å². The van der Waals surface area contributed by atoms with Crippen LogP contribution in [0.15, 0.2) is 60.7 Å². The van der Waals surface area contributed by atoms with Gasteiger partial charge in [0.05, 0.1) is 7.11 Å². The fraction of sp³-hybridized carbons (Fsp3) is 0.391. The van der Waals surface area contributed by atoms with Crippen molar-refractivity contribution in [2.24, 2.45) is 0 Å². The first-order chi connectivity index (χ1) is 14.1. The van der Waals surface area contributed by atoms with Gasteiger partial charge in [-0.25, -0.2) is 9.59 Å². The minimum Gasteiger partial charge on any atom is -0.467 e. The van der Waals surface area contributed by atoms with Crippen LogP contribution < -0.4 is 10.6 Å². The molecule has 2 aromatic carbocycles. The lowest BCUT2D eigenvalue weighted by Gasteiger charge is -2.32. The van der Waals surface area contributed by atoms with Gasteiger partial charge in [-0.05, 0) is 24.0 Å². The molecule has 1 heterocycles. The van der Waals surface area contributed by atoms with Gasteiger partial charge in [-0.1, -0.05) is 60.7 Å². The quantitative estimate of drug-likeness (QED) is 0.708. The second-order valence-corrected chi connectivity index (χ2v) is 7.42. The molecule has 0 radical (unpaired) electrons. The lowest BCUT2D eigenvalue weighted by Crippen LogP contribution is -2.52. The zero-order chi connectivity index (χ0) is 20.5. The third kappa shape index (κ3) is 6.61. The number of ether oxygens (including phenoxy) is 1. The van der Waals surface area contributed by atoms with Crippen LogP contribution in [-0.2, 0) is 22.5 Å². The van der Waals surface area contributed by atoms with E-state index in [0.717, 1.165) is 38.0 Å². The zero-order valence-electron chi connectivity index (χ0n) is 16.8. The van der Waals surface area contributed by atoms with Crippen molar-refractivity contribution in [2.45, 2.75) is 37.9 Å². The van der Waals surface area contributed by atoms with Gasteiger partial charge in [-0.15, -0.1) is 0 Å². The molecule has 0 aromatic heterocycles. The van der Waals surface area contributed by atoms with Gasteiger partial charge in [0.15, 0.2) is 0 Å². The van der Waals surface area contributed by atoms with Crippen LogP contribution >= 0.6 is 0 Å². The van der Waals surface area contributed by atoms with Crippen LogP contribution in [0.25, 0.3) is 0 Å². The summed E-state index contributed by atoms with van der Waals surface area (Å²) >= 11 is 0. The minimum absolute atomic E-state index is 0.108. The van der Waals surface area contributed by atoms with E-state index < -0.39 is 12.0 Å². The summed E-state index contributed by atoms with van der Waals surface area (Å²) in [5.41, 5.74) is 2.27.